The van der Waals surface area contributed by atoms with Gasteiger partial charge in [0.05, 0.1) is 12.5 Å². The topological polar surface area (TPSA) is 27.1 Å². The van der Waals surface area contributed by atoms with Crippen molar-refractivity contribution in [3.05, 3.63) is 17.7 Å². The van der Waals surface area contributed by atoms with Crippen LogP contribution in [0.3, 0.4) is 0 Å². The van der Waals surface area contributed by atoms with Crippen LogP contribution >= 0.6 is 11.6 Å². The molecule has 0 N–H and O–H groups in total. The predicted molar refractivity (Wildman–Crippen MR) is 50.8 cm³/mol. The van der Waals surface area contributed by atoms with Crippen LogP contribution in [0.15, 0.2) is 12.5 Å². The second kappa shape index (κ2) is 4.11. The molecule has 0 unspecified atom stereocenters. The fourth-order valence-electron chi connectivity index (χ4n) is 1.65. The fraction of sp³-hybridized carbons (Fsp3) is 0.667. The lowest BCUT2D eigenvalue weighted by Crippen LogP contribution is -2.20. The molecule has 0 atom stereocenters. The van der Waals surface area contributed by atoms with Gasteiger partial charge in [-0.05, 0) is 18.8 Å². The molecular weight excluding hydrogens is 188 g/mol. The number of hydrogen-bond donors (Lipinski definition) is 0. The Morgan fingerprint density at radius 3 is 2.92 bits per heavy atom. The summed E-state index contributed by atoms with van der Waals surface area (Å²) in [6.45, 7) is 2.75. The minimum Gasteiger partial charge on any atom is -0.381 e. The Morgan fingerprint density at radius 2 is 2.31 bits per heavy atom. The second-order valence-corrected chi connectivity index (χ2v) is 3.81. The molecule has 1 fully saturated rings. The van der Waals surface area contributed by atoms with E-state index in [0.29, 0.717) is 5.92 Å². The highest BCUT2D eigenvalue weighted by molar-refractivity contribution is 6.29. The van der Waals surface area contributed by atoms with Gasteiger partial charge >= 0.3 is 0 Å². The van der Waals surface area contributed by atoms with E-state index >= 15 is 0 Å². The molecule has 1 saturated heterocycles. The maximum Gasteiger partial charge on any atom is 0.128 e. The molecule has 0 bridgehead atoms. The summed E-state index contributed by atoms with van der Waals surface area (Å²) in [5, 5.41) is 0.728. The van der Waals surface area contributed by atoms with Crippen molar-refractivity contribution in [3.8, 4) is 0 Å². The molecule has 0 aliphatic carbocycles. The van der Waals surface area contributed by atoms with Gasteiger partial charge in [0.25, 0.3) is 0 Å². The monoisotopic (exact) mass is 200 g/mol. The highest BCUT2D eigenvalue weighted by atomic mass is 35.5. The van der Waals surface area contributed by atoms with Gasteiger partial charge in [0.1, 0.15) is 5.15 Å². The first-order valence-corrected chi connectivity index (χ1v) is 4.97. The van der Waals surface area contributed by atoms with Crippen LogP contribution in [0.2, 0.25) is 5.15 Å². The van der Waals surface area contributed by atoms with Gasteiger partial charge in [-0.15, -0.1) is 0 Å². The smallest absolute Gasteiger partial charge is 0.128 e. The molecule has 2 heterocycles. The lowest BCUT2D eigenvalue weighted by Gasteiger charge is -2.22. The molecule has 0 amide bonds. The summed E-state index contributed by atoms with van der Waals surface area (Å²) < 4.78 is 7.29. The number of aromatic nitrogens is 2. The molecule has 0 saturated carbocycles. The summed E-state index contributed by atoms with van der Waals surface area (Å²) in [6, 6.07) is 0. The maximum atomic E-state index is 5.93. The number of imidazole rings is 1. The van der Waals surface area contributed by atoms with Crippen LogP contribution in [0.4, 0.5) is 0 Å². The lowest BCUT2D eigenvalue weighted by molar-refractivity contribution is 0.0613. The van der Waals surface area contributed by atoms with E-state index in [9.17, 15) is 0 Å². The summed E-state index contributed by atoms with van der Waals surface area (Å²) in [5.74, 6) is 0.695. The molecule has 0 spiro atoms. The SMILES string of the molecule is Clc1cncn1CC1CCOCC1. The predicted octanol–water partition coefficient (Wildman–Crippen LogP) is 1.96. The normalized spacial score (nSPS) is 19.2. The molecule has 0 aromatic carbocycles. The van der Waals surface area contributed by atoms with Crippen LogP contribution < -0.4 is 0 Å². The highest BCUT2D eigenvalue weighted by Crippen LogP contribution is 2.18. The quantitative estimate of drug-likeness (QED) is 0.730. The largest absolute Gasteiger partial charge is 0.381 e. The molecule has 1 aliphatic rings. The van der Waals surface area contributed by atoms with Crippen LogP contribution in [0, 0.1) is 5.92 Å². The first-order chi connectivity index (χ1) is 6.36. The fourth-order valence-corrected chi connectivity index (χ4v) is 1.82. The van der Waals surface area contributed by atoms with Crippen LogP contribution in [-0.4, -0.2) is 22.8 Å². The van der Waals surface area contributed by atoms with Gasteiger partial charge in [-0.25, -0.2) is 4.98 Å². The van der Waals surface area contributed by atoms with Gasteiger partial charge in [0, 0.05) is 19.8 Å². The van der Waals surface area contributed by atoms with Crippen molar-refractivity contribution in [3.63, 3.8) is 0 Å². The van der Waals surface area contributed by atoms with E-state index in [0.717, 1.165) is 37.8 Å². The molecule has 3 nitrogen and oxygen atoms in total. The molecule has 13 heavy (non-hydrogen) atoms. The zero-order valence-electron chi connectivity index (χ0n) is 7.45. The number of rotatable bonds is 2. The van der Waals surface area contributed by atoms with Gasteiger partial charge < -0.3 is 9.30 Å². The summed E-state index contributed by atoms with van der Waals surface area (Å²) in [5.41, 5.74) is 0. The van der Waals surface area contributed by atoms with Gasteiger partial charge in [-0.1, -0.05) is 11.6 Å². The number of ether oxygens (including phenoxy) is 1. The van der Waals surface area contributed by atoms with Crippen molar-refractivity contribution in [2.75, 3.05) is 13.2 Å². The second-order valence-electron chi connectivity index (χ2n) is 3.42. The Morgan fingerprint density at radius 1 is 1.54 bits per heavy atom. The van der Waals surface area contributed by atoms with Crippen LogP contribution in [0.1, 0.15) is 12.8 Å². The molecule has 0 radical (unpaired) electrons. The summed E-state index contributed by atoms with van der Waals surface area (Å²) >= 11 is 5.93. The van der Waals surface area contributed by atoms with E-state index in [1.165, 1.54) is 0 Å². The minimum atomic E-state index is 0.695. The van der Waals surface area contributed by atoms with E-state index in [1.54, 1.807) is 12.5 Å². The van der Waals surface area contributed by atoms with Gasteiger partial charge in [-0.2, -0.15) is 0 Å². The standard InChI is InChI=1S/C9H13ClN2O/c10-9-5-11-7-12(9)6-8-1-3-13-4-2-8/h5,7-8H,1-4,6H2. The van der Waals surface area contributed by atoms with Crippen LogP contribution in [0.5, 0.6) is 0 Å². The molecule has 1 aromatic rings. The Hall–Kier alpha value is -0.540. The lowest BCUT2D eigenvalue weighted by atomic mass is 10.0. The van der Waals surface area contributed by atoms with Crippen molar-refractivity contribution >= 4 is 11.6 Å². The third kappa shape index (κ3) is 2.23. The Kier molecular flexibility index (Phi) is 2.86. The molecule has 72 valence electrons. The van der Waals surface area contributed by atoms with Crippen molar-refractivity contribution in [2.24, 2.45) is 5.92 Å². The zero-order chi connectivity index (χ0) is 9.10. The molecule has 2 rings (SSSR count). The Labute approximate surface area is 82.7 Å². The average Bonchev–Trinajstić information content (AvgIpc) is 2.54. The van der Waals surface area contributed by atoms with Crippen molar-refractivity contribution < 1.29 is 4.74 Å². The van der Waals surface area contributed by atoms with Crippen LogP contribution in [0.25, 0.3) is 0 Å². The number of hydrogen-bond acceptors (Lipinski definition) is 2. The van der Waals surface area contributed by atoms with Crippen molar-refractivity contribution in [1.29, 1.82) is 0 Å². The van der Waals surface area contributed by atoms with E-state index < -0.39 is 0 Å². The van der Waals surface area contributed by atoms with Gasteiger partial charge in [-0.3, -0.25) is 0 Å². The van der Waals surface area contributed by atoms with E-state index in [4.69, 9.17) is 16.3 Å². The van der Waals surface area contributed by atoms with E-state index in [1.807, 2.05) is 4.57 Å². The Balaban J connectivity index is 1.93. The average molecular weight is 201 g/mol. The molecular formula is C9H13ClN2O. The van der Waals surface area contributed by atoms with Crippen LogP contribution in [-0.2, 0) is 11.3 Å². The number of nitrogens with zero attached hydrogens (tertiary/aromatic N) is 2. The van der Waals surface area contributed by atoms with Gasteiger partial charge in [0.2, 0.25) is 0 Å². The van der Waals surface area contributed by atoms with Crippen molar-refractivity contribution in [1.82, 2.24) is 9.55 Å². The summed E-state index contributed by atoms with van der Waals surface area (Å²) in [4.78, 5) is 3.99. The Bertz CT molecular complexity index is 268. The summed E-state index contributed by atoms with van der Waals surface area (Å²) in [7, 11) is 0. The maximum absolute atomic E-state index is 5.93. The third-order valence-corrected chi connectivity index (χ3v) is 2.77. The first-order valence-electron chi connectivity index (χ1n) is 4.59. The molecule has 1 aliphatic heterocycles. The number of halogens is 1. The highest BCUT2D eigenvalue weighted by Gasteiger charge is 2.14. The molecule has 4 heteroatoms. The first kappa shape index (κ1) is 9.03. The third-order valence-electron chi connectivity index (χ3n) is 2.46. The van der Waals surface area contributed by atoms with Gasteiger partial charge in [0.15, 0.2) is 0 Å². The van der Waals surface area contributed by atoms with Crippen molar-refractivity contribution in [2.45, 2.75) is 19.4 Å². The minimum absolute atomic E-state index is 0.695. The zero-order valence-corrected chi connectivity index (χ0v) is 8.20. The van der Waals surface area contributed by atoms with E-state index in [2.05, 4.69) is 4.98 Å². The van der Waals surface area contributed by atoms with E-state index in [-0.39, 0.29) is 0 Å². The summed E-state index contributed by atoms with van der Waals surface area (Å²) in [6.07, 6.45) is 5.74. The molecule has 1 aromatic heterocycles.